The van der Waals surface area contributed by atoms with Gasteiger partial charge in [0.2, 0.25) is 0 Å². The summed E-state index contributed by atoms with van der Waals surface area (Å²) in [7, 11) is 0. The number of hydrogen-bond acceptors (Lipinski definition) is 5. The number of fused-ring (bicyclic) bond motifs is 1. The van der Waals surface area contributed by atoms with Crippen LogP contribution in [-0.2, 0) is 6.61 Å². The van der Waals surface area contributed by atoms with Gasteiger partial charge in [-0.2, -0.15) is 0 Å². The topological polar surface area (TPSA) is 112 Å². The van der Waals surface area contributed by atoms with Gasteiger partial charge in [-0.3, -0.25) is 19.8 Å². The summed E-state index contributed by atoms with van der Waals surface area (Å²) >= 11 is 0. The molecule has 2 aromatic rings. The van der Waals surface area contributed by atoms with Crippen molar-refractivity contribution >= 4 is 10.9 Å². The van der Waals surface area contributed by atoms with E-state index in [0.29, 0.717) is 0 Å². The van der Waals surface area contributed by atoms with Crippen LogP contribution in [0.4, 0.5) is 0 Å². The molecular formula is C7H6N4O3. The molecule has 0 saturated heterocycles. The molecule has 0 bridgehead atoms. The second kappa shape index (κ2) is 3.04. The van der Waals surface area contributed by atoms with Gasteiger partial charge in [-0.25, -0.2) is 9.97 Å². The molecule has 0 unspecified atom stereocenters. The predicted molar refractivity (Wildman–Crippen MR) is 46.7 cm³/mol. The van der Waals surface area contributed by atoms with Gasteiger partial charge < -0.3 is 5.11 Å². The number of rotatable bonds is 1. The van der Waals surface area contributed by atoms with Crippen LogP contribution in [0.3, 0.4) is 0 Å². The third kappa shape index (κ3) is 1.19. The Labute approximate surface area is 76.4 Å². The van der Waals surface area contributed by atoms with Crippen molar-refractivity contribution < 1.29 is 5.11 Å². The van der Waals surface area contributed by atoms with Crippen LogP contribution in [0.2, 0.25) is 0 Å². The SMILES string of the molecule is O=c1[nH][nH]c(=O)c2nc(CO)ncc12. The third-order valence-corrected chi connectivity index (χ3v) is 1.73. The van der Waals surface area contributed by atoms with Crippen LogP contribution in [-0.4, -0.2) is 25.3 Å². The van der Waals surface area contributed by atoms with E-state index in [1.165, 1.54) is 6.20 Å². The molecule has 72 valence electrons. The minimum atomic E-state index is -0.517. The molecule has 0 aromatic carbocycles. The van der Waals surface area contributed by atoms with Crippen molar-refractivity contribution in [2.24, 2.45) is 0 Å². The number of H-pyrrole nitrogens is 2. The van der Waals surface area contributed by atoms with E-state index in [0.717, 1.165) is 0 Å². The lowest BCUT2D eigenvalue weighted by Crippen LogP contribution is -2.20. The molecule has 0 saturated carbocycles. The highest BCUT2D eigenvalue weighted by atomic mass is 16.3. The molecule has 0 atom stereocenters. The molecule has 0 fully saturated rings. The van der Waals surface area contributed by atoms with Crippen LogP contribution in [0.1, 0.15) is 5.82 Å². The highest BCUT2D eigenvalue weighted by molar-refractivity contribution is 5.74. The average molecular weight is 194 g/mol. The lowest BCUT2D eigenvalue weighted by molar-refractivity contribution is 0.272. The Balaban J connectivity index is 2.94. The standard InChI is InChI=1S/C7H6N4O3/c12-2-4-8-1-3-5(9-4)7(14)11-10-6(3)13/h1,12H,2H2,(H,10,13)(H,11,14). The summed E-state index contributed by atoms with van der Waals surface area (Å²) in [6, 6.07) is 0. The molecule has 0 aliphatic rings. The highest BCUT2D eigenvalue weighted by Crippen LogP contribution is 1.98. The van der Waals surface area contributed by atoms with Gasteiger partial charge in [-0.1, -0.05) is 0 Å². The van der Waals surface area contributed by atoms with Crippen molar-refractivity contribution in [3.05, 3.63) is 32.7 Å². The van der Waals surface area contributed by atoms with Crippen molar-refractivity contribution in [2.45, 2.75) is 6.61 Å². The number of nitrogens with one attached hydrogen (secondary N) is 2. The Morgan fingerprint density at radius 3 is 2.71 bits per heavy atom. The summed E-state index contributed by atoms with van der Waals surface area (Å²) in [6.07, 6.45) is 1.21. The Hall–Kier alpha value is -2.02. The van der Waals surface area contributed by atoms with Gasteiger partial charge in [0.25, 0.3) is 11.1 Å². The largest absolute Gasteiger partial charge is 0.388 e. The zero-order valence-corrected chi connectivity index (χ0v) is 6.94. The van der Waals surface area contributed by atoms with E-state index in [9.17, 15) is 9.59 Å². The van der Waals surface area contributed by atoms with Gasteiger partial charge >= 0.3 is 0 Å². The van der Waals surface area contributed by atoms with Gasteiger partial charge in [0, 0.05) is 6.20 Å². The summed E-state index contributed by atoms with van der Waals surface area (Å²) in [4.78, 5) is 29.8. The fraction of sp³-hybridized carbons (Fsp3) is 0.143. The highest BCUT2D eigenvalue weighted by Gasteiger charge is 2.05. The maximum absolute atomic E-state index is 11.2. The van der Waals surface area contributed by atoms with E-state index >= 15 is 0 Å². The van der Waals surface area contributed by atoms with Crippen LogP contribution in [0.25, 0.3) is 10.9 Å². The maximum atomic E-state index is 11.2. The normalized spacial score (nSPS) is 10.6. The Morgan fingerprint density at radius 1 is 1.29 bits per heavy atom. The van der Waals surface area contributed by atoms with Gasteiger partial charge in [0.15, 0.2) is 5.82 Å². The Bertz CT molecular complexity index is 585. The van der Waals surface area contributed by atoms with Crippen molar-refractivity contribution in [1.29, 1.82) is 0 Å². The smallest absolute Gasteiger partial charge is 0.289 e. The second-order valence-corrected chi connectivity index (χ2v) is 2.61. The summed E-state index contributed by atoms with van der Waals surface area (Å²) in [5, 5.41) is 13.1. The zero-order valence-electron chi connectivity index (χ0n) is 6.94. The average Bonchev–Trinajstić information content (AvgIpc) is 2.23. The van der Waals surface area contributed by atoms with E-state index in [1.807, 2.05) is 0 Å². The first-order valence-corrected chi connectivity index (χ1v) is 3.80. The van der Waals surface area contributed by atoms with Crippen molar-refractivity contribution in [3.63, 3.8) is 0 Å². The van der Waals surface area contributed by atoms with E-state index < -0.39 is 11.1 Å². The lowest BCUT2D eigenvalue weighted by Gasteiger charge is -1.96. The van der Waals surface area contributed by atoms with Gasteiger partial charge in [-0.05, 0) is 0 Å². The van der Waals surface area contributed by atoms with Crippen LogP contribution in [0, 0.1) is 0 Å². The monoisotopic (exact) mass is 194 g/mol. The number of aliphatic hydroxyl groups excluding tert-OH is 1. The number of aliphatic hydroxyl groups is 1. The quantitative estimate of drug-likeness (QED) is 0.511. The molecule has 0 aliphatic heterocycles. The molecule has 0 aliphatic carbocycles. The first-order chi connectivity index (χ1) is 6.72. The van der Waals surface area contributed by atoms with Crippen molar-refractivity contribution in [3.8, 4) is 0 Å². The van der Waals surface area contributed by atoms with Gasteiger partial charge in [-0.15, -0.1) is 0 Å². The minimum Gasteiger partial charge on any atom is -0.388 e. The first kappa shape index (κ1) is 8.57. The molecule has 7 nitrogen and oxygen atoms in total. The van der Waals surface area contributed by atoms with Crippen LogP contribution >= 0.6 is 0 Å². The third-order valence-electron chi connectivity index (χ3n) is 1.73. The molecule has 2 rings (SSSR count). The van der Waals surface area contributed by atoms with E-state index in [1.54, 1.807) is 0 Å². The molecular weight excluding hydrogens is 188 g/mol. The summed E-state index contributed by atoms with van der Waals surface area (Å²) in [5.74, 6) is 0.105. The van der Waals surface area contributed by atoms with Crippen LogP contribution < -0.4 is 11.1 Å². The van der Waals surface area contributed by atoms with Gasteiger partial charge in [0.1, 0.15) is 12.1 Å². The molecule has 14 heavy (non-hydrogen) atoms. The Kier molecular flexibility index (Phi) is 1.86. The molecule has 0 amide bonds. The van der Waals surface area contributed by atoms with E-state index in [2.05, 4.69) is 20.2 Å². The number of aromatic amines is 2. The number of nitrogens with zero attached hydrogens (tertiary/aromatic N) is 2. The molecule has 0 spiro atoms. The van der Waals surface area contributed by atoms with Crippen molar-refractivity contribution in [2.75, 3.05) is 0 Å². The fourth-order valence-corrected chi connectivity index (χ4v) is 1.07. The van der Waals surface area contributed by atoms with E-state index in [4.69, 9.17) is 5.11 Å². The lowest BCUT2D eigenvalue weighted by atomic mass is 10.3. The summed E-state index contributed by atoms with van der Waals surface area (Å²) in [5.41, 5.74) is -1.01. The van der Waals surface area contributed by atoms with Crippen LogP contribution in [0.15, 0.2) is 15.8 Å². The molecule has 0 radical (unpaired) electrons. The molecule has 2 aromatic heterocycles. The molecule has 2 heterocycles. The second-order valence-electron chi connectivity index (χ2n) is 2.61. The number of hydrogen-bond donors (Lipinski definition) is 3. The summed E-state index contributed by atoms with van der Waals surface area (Å²) < 4.78 is 0. The maximum Gasteiger partial charge on any atom is 0.289 e. The zero-order chi connectivity index (χ0) is 10.1. The Morgan fingerprint density at radius 2 is 2.00 bits per heavy atom. The first-order valence-electron chi connectivity index (χ1n) is 3.80. The molecule has 3 N–H and O–H groups in total. The van der Waals surface area contributed by atoms with Crippen LogP contribution in [0.5, 0.6) is 0 Å². The number of aromatic nitrogens is 4. The predicted octanol–water partition coefficient (Wildman–Crippen LogP) is -1.50. The van der Waals surface area contributed by atoms with Gasteiger partial charge in [0.05, 0.1) is 5.39 Å². The molecule has 7 heteroatoms. The summed E-state index contributed by atoms with van der Waals surface area (Å²) in [6.45, 7) is -0.373. The van der Waals surface area contributed by atoms with E-state index in [-0.39, 0.29) is 23.3 Å². The van der Waals surface area contributed by atoms with Crippen molar-refractivity contribution in [1.82, 2.24) is 20.2 Å². The fourth-order valence-electron chi connectivity index (χ4n) is 1.07. The minimum absolute atomic E-state index is 0.0206.